The average Bonchev–Trinajstić information content (AvgIpc) is 2.53. The molecular formula is C15H18F3NO5. The minimum absolute atomic E-state index is 0.0756. The molecule has 0 saturated carbocycles. The number of hydrogen-bond acceptors (Lipinski definition) is 5. The van der Waals surface area contributed by atoms with Crippen molar-refractivity contribution in [3.8, 4) is 0 Å². The van der Waals surface area contributed by atoms with Crippen LogP contribution in [-0.4, -0.2) is 36.5 Å². The Labute approximate surface area is 136 Å². The molecule has 134 valence electrons. The van der Waals surface area contributed by atoms with Crippen molar-refractivity contribution in [2.24, 2.45) is 0 Å². The minimum Gasteiger partial charge on any atom is -0.462 e. The summed E-state index contributed by atoms with van der Waals surface area (Å²) in [4.78, 5) is 23.7. The predicted octanol–water partition coefficient (Wildman–Crippen LogP) is 2.20. The number of aromatic nitrogens is 1. The van der Waals surface area contributed by atoms with Crippen LogP contribution in [0.3, 0.4) is 0 Å². The number of esters is 1. The van der Waals surface area contributed by atoms with Gasteiger partial charge in [0.2, 0.25) is 0 Å². The molecule has 0 unspecified atom stereocenters. The largest absolute Gasteiger partial charge is 0.462 e. The zero-order valence-corrected chi connectivity index (χ0v) is 13.1. The second-order valence-electron chi connectivity index (χ2n) is 5.23. The van der Waals surface area contributed by atoms with E-state index >= 15 is 0 Å². The lowest BCUT2D eigenvalue weighted by atomic mass is 10.1. The van der Waals surface area contributed by atoms with Gasteiger partial charge in [0.15, 0.2) is 0 Å². The van der Waals surface area contributed by atoms with Gasteiger partial charge in [-0.3, -0.25) is 9.36 Å². The molecule has 1 aromatic heterocycles. The highest BCUT2D eigenvalue weighted by Crippen LogP contribution is 2.31. The maximum atomic E-state index is 13.0. The summed E-state index contributed by atoms with van der Waals surface area (Å²) in [5, 5.41) is 0. The van der Waals surface area contributed by atoms with Gasteiger partial charge < -0.3 is 14.2 Å². The van der Waals surface area contributed by atoms with Crippen LogP contribution in [0.2, 0.25) is 0 Å². The summed E-state index contributed by atoms with van der Waals surface area (Å²) in [6.07, 6.45) is -2.86. The van der Waals surface area contributed by atoms with Gasteiger partial charge in [-0.1, -0.05) is 0 Å². The van der Waals surface area contributed by atoms with Gasteiger partial charge in [0.25, 0.3) is 5.56 Å². The number of halogens is 3. The smallest absolute Gasteiger partial charge is 0.417 e. The summed E-state index contributed by atoms with van der Waals surface area (Å²) < 4.78 is 55.4. The predicted molar refractivity (Wildman–Crippen MR) is 76.6 cm³/mol. The van der Waals surface area contributed by atoms with E-state index in [2.05, 4.69) is 4.74 Å². The second-order valence-corrected chi connectivity index (χ2v) is 5.23. The van der Waals surface area contributed by atoms with Crippen molar-refractivity contribution in [2.45, 2.75) is 38.8 Å². The van der Waals surface area contributed by atoms with E-state index in [1.807, 2.05) is 0 Å². The highest BCUT2D eigenvalue weighted by molar-refractivity contribution is 5.91. The highest BCUT2D eigenvalue weighted by Gasteiger charge is 2.37. The van der Waals surface area contributed by atoms with Gasteiger partial charge in [-0.25, -0.2) is 4.79 Å². The molecule has 2 heterocycles. The third-order valence-electron chi connectivity index (χ3n) is 3.54. The number of carbonyl (C=O) groups excluding carboxylic acids is 1. The fraction of sp³-hybridized carbons (Fsp3) is 0.600. The average molecular weight is 349 g/mol. The SMILES string of the molecule is CCOC(=O)c1cn(COC2CCOCC2)c(=O)cc1C(F)(F)F. The number of nitrogens with zero attached hydrogens (tertiary/aromatic N) is 1. The molecule has 1 aliphatic heterocycles. The number of rotatable bonds is 5. The van der Waals surface area contributed by atoms with Crippen molar-refractivity contribution in [1.82, 2.24) is 4.57 Å². The molecule has 6 nitrogen and oxygen atoms in total. The lowest BCUT2D eigenvalue weighted by Gasteiger charge is -2.23. The number of ether oxygens (including phenoxy) is 3. The van der Waals surface area contributed by atoms with Crippen molar-refractivity contribution in [3.05, 3.63) is 33.7 Å². The number of carbonyl (C=O) groups is 1. The van der Waals surface area contributed by atoms with E-state index in [0.29, 0.717) is 32.1 Å². The summed E-state index contributed by atoms with van der Waals surface area (Å²) >= 11 is 0. The zero-order valence-electron chi connectivity index (χ0n) is 13.1. The molecule has 1 aromatic rings. The normalized spacial score (nSPS) is 16.2. The molecule has 1 aliphatic rings. The molecule has 0 atom stereocenters. The van der Waals surface area contributed by atoms with Gasteiger partial charge >= 0.3 is 12.1 Å². The fourth-order valence-electron chi connectivity index (χ4n) is 2.31. The Kier molecular flexibility index (Phi) is 6.00. The molecular weight excluding hydrogens is 331 g/mol. The molecule has 2 rings (SSSR count). The molecule has 0 aliphatic carbocycles. The lowest BCUT2D eigenvalue weighted by Crippen LogP contribution is -2.30. The first-order valence-corrected chi connectivity index (χ1v) is 7.51. The lowest BCUT2D eigenvalue weighted by molar-refractivity contribution is -0.138. The van der Waals surface area contributed by atoms with Crippen LogP contribution in [0.15, 0.2) is 17.1 Å². The van der Waals surface area contributed by atoms with Crippen LogP contribution in [0, 0.1) is 0 Å². The first-order valence-electron chi connectivity index (χ1n) is 7.51. The van der Waals surface area contributed by atoms with Gasteiger partial charge in [0, 0.05) is 25.5 Å². The third-order valence-corrected chi connectivity index (χ3v) is 3.54. The molecule has 0 N–H and O–H groups in total. The zero-order chi connectivity index (χ0) is 17.7. The summed E-state index contributed by atoms with van der Waals surface area (Å²) in [5.41, 5.74) is -2.92. The minimum atomic E-state index is -4.83. The number of alkyl halides is 3. The van der Waals surface area contributed by atoms with Crippen LogP contribution in [0.1, 0.15) is 35.7 Å². The Morgan fingerprint density at radius 2 is 2.04 bits per heavy atom. The number of pyridine rings is 1. The maximum Gasteiger partial charge on any atom is 0.417 e. The first kappa shape index (κ1) is 18.5. The van der Waals surface area contributed by atoms with Crippen LogP contribution in [0.5, 0.6) is 0 Å². The molecule has 9 heteroatoms. The molecule has 24 heavy (non-hydrogen) atoms. The Morgan fingerprint density at radius 3 is 2.62 bits per heavy atom. The van der Waals surface area contributed by atoms with Gasteiger partial charge in [-0.2, -0.15) is 13.2 Å². The highest BCUT2D eigenvalue weighted by atomic mass is 19.4. The Balaban J connectivity index is 2.26. The van der Waals surface area contributed by atoms with E-state index in [1.165, 1.54) is 6.92 Å². The van der Waals surface area contributed by atoms with Gasteiger partial charge in [0.05, 0.1) is 23.8 Å². The maximum absolute atomic E-state index is 13.0. The summed E-state index contributed by atoms with van der Waals surface area (Å²) in [6.45, 7) is 2.22. The standard InChI is InChI=1S/C15H18F3NO5/c1-2-23-14(21)11-8-19(9-24-10-3-5-22-6-4-10)13(20)7-12(11)15(16,17)18/h7-8,10H,2-6,9H2,1H3. The van der Waals surface area contributed by atoms with Crippen molar-refractivity contribution in [1.29, 1.82) is 0 Å². The monoisotopic (exact) mass is 349 g/mol. The van der Waals surface area contributed by atoms with Crippen LogP contribution in [0.4, 0.5) is 13.2 Å². The molecule has 0 bridgehead atoms. The molecule has 0 amide bonds. The number of hydrogen-bond donors (Lipinski definition) is 0. The second kappa shape index (κ2) is 7.80. The Morgan fingerprint density at radius 1 is 1.38 bits per heavy atom. The fourth-order valence-corrected chi connectivity index (χ4v) is 2.31. The van der Waals surface area contributed by atoms with E-state index in [0.717, 1.165) is 10.8 Å². The van der Waals surface area contributed by atoms with Crippen molar-refractivity contribution < 1.29 is 32.2 Å². The summed E-state index contributed by atoms with van der Waals surface area (Å²) in [6, 6.07) is 0.388. The van der Waals surface area contributed by atoms with Crippen LogP contribution in [-0.2, 0) is 27.1 Å². The topological polar surface area (TPSA) is 66.8 Å². The van der Waals surface area contributed by atoms with Crippen LogP contribution >= 0.6 is 0 Å². The summed E-state index contributed by atoms with van der Waals surface area (Å²) in [5.74, 6) is -1.13. The Hall–Kier alpha value is -1.87. The molecule has 0 aromatic carbocycles. The van der Waals surface area contributed by atoms with Crippen LogP contribution in [0.25, 0.3) is 0 Å². The van der Waals surface area contributed by atoms with Crippen molar-refractivity contribution in [3.63, 3.8) is 0 Å². The van der Waals surface area contributed by atoms with Crippen LogP contribution < -0.4 is 5.56 Å². The first-order chi connectivity index (χ1) is 11.3. The van der Waals surface area contributed by atoms with Gasteiger partial charge in [0.1, 0.15) is 6.73 Å². The van der Waals surface area contributed by atoms with Crippen molar-refractivity contribution in [2.75, 3.05) is 19.8 Å². The van der Waals surface area contributed by atoms with Gasteiger partial charge in [-0.15, -0.1) is 0 Å². The molecule has 1 saturated heterocycles. The molecule has 0 radical (unpaired) electrons. The molecule has 1 fully saturated rings. The van der Waals surface area contributed by atoms with E-state index in [1.54, 1.807) is 0 Å². The third kappa shape index (κ3) is 4.57. The van der Waals surface area contributed by atoms with Gasteiger partial charge in [-0.05, 0) is 19.8 Å². The molecule has 0 spiro atoms. The van der Waals surface area contributed by atoms with E-state index < -0.39 is 28.8 Å². The summed E-state index contributed by atoms with van der Waals surface area (Å²) in [7, 11) is 0. The quantitative estimate of drug-likeness (QED) is 0.763. The Bertz CT molecular complexity index is 635. The van der Waals surface area contributed by atoms with E-state index in [-0.39, 0.29) is 19.4 Å². The van der Waals surface area contributed by atoms with E-state index in [9.17, 15) is 22.8 Å². The van der Waals surface area contributed by atoms with Crippen molar-refractivity contribution >= 4 is 5.97 Å². The van der Waals surface area contributed by atoms with E-state index in [4.69, 9.17) is 9.47 Å².